The Bertz CT molecular complexity index is 255. The van der Waals surface area contributed by atoms with E-state index in [1.54, 1.807) is 0 Å². The standard InChI is InChI=1S/C16H32N2O/c1-14(2)17-12-16(8-4-5-9-16)13-18(3)15-6-10-19-11-7-15/h14-15,17H,4-13H2,1-3H3. The molecule has 0 aromatic heterocycles. The van der Waals surface area contributed by atoms with Gasteiger partial charge in [0.2, 0.25) is 0 Å². The Kier molecular flexibility index (Phi) is 5.67. The summed E-state index contributed by atoms with van der Waals surface area (Å²) < 4.78 is 5.48. The third kappa shape index (κ3) is 4.44. The molecule has 1 saturated heterocycles. The first-order valence-corrected chi connectivity index (χ1v) is 8.13. The van der Waals surface area contributed by atoms with E-state index < -0.39 is 0 Å². The highest BCUT2D eigenvalue weighted by molar-refractivity contribution is 4.90. The van der Waals surface area contributed by atoms with E-state index >= 15 is 0 Å². The predicted molar refractivity (Wildman–Crippen MR) is 80.5 cm³/mol. The first-order chi connectivity index (χ1) is 9.11. The summed E-state index contributed by atoms with van der Waals surface area (Å²) >= 11 is 0. The highest BCUT2D eigenvalue weighted by atomic mass is 16.5. The summed E-state index contributed by atoms with van der Waals surface area (Å²) in [5.41, 5.74) is 0.525. The predicted octanol–water partition coefficient (Wildman–Crippen LogP) is 2.66. The maximum atomic E-state index is 5.48. The Morgan fingerprint density at radius 3 is 2.42 bits per heavy atom. The Labute approximate surface area is 119 Å². The average molecular weight is 268 g/mol. The lowest BCUT2D eigenvalue weighted by molar-refractivity contribution is 0.0274. The molecule has 1 aliphatic heterocycles. The second kappa shape index (κ2) is 7.05. The summed E-state index contributed by atoms with van der Waals surface area (Å²) in [5.74, 6) is 0. The fourth-order valence-electron chi connectivity index (χ4n) is 3.72. The summed E-state index contributed by atoms with van der Waals surface area (Å²) in [6.45, 7) is 8.86. The van der Waals surface area contributed by atoms with Gasteiger partial charge in [0.25, 0.3) is 0 Å². The molecule has 0 atom stereocenters. The first kappa shape index (κ1) is 15.3. The maximum absolute atomic E-state index is 5.48. The van der Waals surface area contributed by atoms with Crippen molar-refractivity contribution in [3.05, 3.63) is 0 Å². The van der Waals surface area contributed by atoms with Gasteiger partial charge in [-0.1, -0.05) is 26.7 Å². The minimum absolute atomic E-state index is 0.525. The number of rotatable bonds is 6. The molecular formula is C16H32N2O. The zero-order chi connectivity index (χ0) is 13.7. The van der Waals surface area contributed by atoms with Crippen LogP contribution in [0.5, 0.6) is 0 Å². The van der Waals surface area contributed by atoms with Crippen molar-refractivity contribution in [2.75, 3.05) is 33.4 Å². The molecule has 2 fully saturated rings. The number of nitrogens with zero attached hydrogens (tertiary/aromatic N) is 1. The van der Waals surface area contributed by atoms with E-state index in [-0.39, 0.29) is 0 Å². The number of nitrogens with one attached hydrogen (secondary N) is 1. The highest BCUT2D eigenvalue weighted by Crippen LogP contribution is 2.39. The molecule has 2 rings (SSSR count). The largest absolute Gasteiger partial charge is 0.381 e. The van der Waals surface area contributed by atoms with Gasteiger partial charge in [0.05, 0.1) is 0 Å². The molecule has 3 heteroatoms. The number of hydrogen-bond acceptors (Lipinski definition) is 3. The summed E-state index contributed by atoms with van der Waals surface area (Å²) in [6.07, 6.45) is 8.07. The van der Waals surface area contributed by atoms with Crippen molar-refractivity contribution in [2.24, 2.45) is 5.41 Å². The monoisotopic (exact) mass is 268 g/mol. The van der Waals surface area contributed by atoms with Crippen LogP contribution in [-0.4, -0.2) is 50.3 Å². The minimum atomic E-state index is 0.525. The molecule has 0 aromatic rings. The molecule has 0 bridgehead atoms. The Morgan fingerprint density at radius 2 is 1.84 bits per heavy atom. The second-order valence-corrected chi connectivity index (χ2v) is 7.00. The molecular weight excluding hydrogens is 236 g/mol. The SMILES string of the molecule is CC(C)NCC1(CN(C)C2CCOCC2)CCCC1. The fourth-order valence-corrected chi connectivity index (χ4v) is 3.72. The van der Waals surface area contributed by atoms with Crippen LogP contribution in [0.3, 0.4) is 0 Å². The molecule has 0 aromatic carbocycles. The van der Waals surface area contributed by atoms with E-state index in [9.17, 15) is 0 Å². The third-order valence-corrected chi connectivity index (χ3v) is 4.95. The Morgan fingerprint density at radius 1 is 1.21 bits per heavy atom. The van der Waals surface area contributed by atoms with E-state index in [4.69, 9.17) is 4.74 Å². The molecule has 0 spiro atoms. The smallest absolute Gasteiger partial charge is 0.0480 e. The summed E-state index contributed by atoms with van der Waals surface area (Å²) in [4.78, 5) is 2.62. The zero-order valence-electron chi connectivity index (χ0n) is 13.1. The molecule has 0 radical (unpaired) electrons. The van der Waals surface area contributed by atoms with Gasteiger partial charge in [0.15, 0.2) is 0 Å². The molecule has 0 unspecified atom stereocenters. The number of ether oxygens (including phenoxy) is 1. The van der Waals surface area contributed by atoms with Crippen molar-refractivity contribution in [2.45, 2.75) is 64.5 Å². The van der Waals surface area contributed by atoms with Crippen LogP contribution in [0.4, 0.5) is 0 Å². The second-order valence-electron chi connectivity index (χ2n) is 7.00. The van der Waals surface area contributed by atoms with Crippen molar-refractivity contribution in [3.8, 4) is 0 Å². The van der Waals surface area contributed by atoms with Gasteiger partial charge in [-0.3, -0.25) is 0 Å². The van der Waals surface area contributed by atoms with Crippen molar-refractivity contribution in [1.29, 1.82) is 0 Å². The molecule has 19 heavy (non-hydrogen) atoms. The Balaban J connectivity index is 1.87. The maximum Gasteiger partial charge on any atom is 0.0480 e. The molecule has 2 aliphatic rings. The van der Waals surface area contributed by atoms with Gasteiger partial charge >= 0.3 is 0 Å². The van der Waals surface area contributed by atoms with E-state index in [2.05, 4.69) is 31.1 Å². The van der Waals surface area contributed by atoms with Crippen LogP contribution in [0, 0.1) is 5.41 Å². The quantitative estimate of drug-likeness (QED) is 0.801. The van der Waals surface area contributed by atoms with Gasteiger partial charge in [-0.05, 0) is 38.1 Å². The molecule has 1 N–H and O–H groups in total. The van der Waals surface area contributed by atoms with Crippen molar-refractivity contribution in [1.82, 2.24) is 10.2 Å². The van der Waals surface area contributed by atoms with Crippen LogP contribution >= 0.6 is 0 Å². The van der Waals surface area contributed by atoms with Gasteiger partial charge in [-0.25, -0.2) is 0 Å². The van der Waals surface area contributed by atoms with Crippen molar-refractivity contribution >= 4 is 0 Å². The van der Waals surface area contributed by atoms with Gasteiger partial charge in [-0.15, -0.1) is 0 Å². The lowest BCUT2D eigenvalue weighted by Crippen LogP contribution is -2.47. The molecule has 1 heterocycles. The normalized spacial score (nSPS) is 24.5. The van der Waals surface area contributed by atoms with E-state index in [1.807, 2.05) is 0 Å². The molecule has 1 saturated carbocycles. The lowest BCUT2D eigenvalue weighted by Gasteiger charge is -2.39. The zero-order valence-corrected chi connectivity index (χ0v) is 13.1. The highest BCUT2D eigenvalue weighted by Gasteiger charge is 2.36. The topological polar surface area (TPSA) is 24.5 Å². The first-order valence-electron chi connectivity index (χ1n) is 8.13. The minimum Gasteiger partial charge on any atom is -0.381 e. The summed E-state index contributed by atoms with van der Waals surface area (Å²) in [5, 5.41) is 3.69. The molecule has 3 nitrogen and oxygen atoms in total. The summed E-state index contributed by atoms with van der Waals surface area (Å²) in [7, 11) is 2.32. The van der Waals surface area contributed by atoms with E-state index in [0.717, 1.165) is 19.3 Å². The van der Waals surface area contributed by atoms with Gasteiger partial charge in [0, 0.05) is 38.4 Å². The van der Waals surface area contributed by atoms with Crippen LogP contribution in [0.2, 0.25) is 0 Å². The van der Waals surface area contributed by atoms with Crippen LogP contribution in [0.1, 0.15) is 52.4 Å². The summed E-state index contributed by atoms with van der Waals surface area (Å²) in [6, 6.07) is 1.34. The van der Waals surface area contributed by atoms with E-state index in [1.165, 1.54) is 51.6 Å². The molecule has 112 valence electrons. The van der Waals surface area contributed by atoms with Gasteiger partial charge in [-0.2, -0.15) is 0 Å². The third-order valence-electron chi connectivity index (χ3n) is 4.95. The average Bonchev–Trinajstić information content (AvgIpc) is 2.86. The molecule has 1 aliphatic carbocycles. The Hall–Kier alpha value is -0.120. The van der Waals surface area contributed by atoms with Gasteiger partial charge < -0.3 is 15.0 Å². The van der Waals surface area contributed by atoms with Crippen LogP contribution in [0.25, 0.3) is 0 Å². The van der Waals surface area contributed by atoms with Crippen molar-refractivity contribution < 1.29 is 4.74 Å². The van der Waals surface area contributed by atoms with Crippen LogP contribution in [-0.2, 0) is 4.74 Å². The fraction of sp³-hybridized carbons (Fsp3) is 1.00. The lowest BCUT2D eigenvalue weighted by atomic mass is 9.84. The van der Waals surface area contributed by atoms with Gasteiger partial charge in [0.1, 0.15) is 0 Å². The van der Waals surface area contributed by atoms with Crippen molar-refractivity contribution in [3.63, 3.8) is 0 Å². The van der Waals surface area contributed by atoms with Crippen LogP contribution < -0.4 is 5.32 Å². The van der Waals surface area contributed by atoms with Crippen LogP contribution in [0.15, 0.2) is 0 Å². The van der Waals surface area contributed by atoms with E-state index in [0.29, 0.717) is 11.5 Å². The number of hydrogen-bond donors (Lipinski definition) is 1. The molecule has 0 amide bonds.